The van der Waals surface area contributed by atoms with Gasteiger partial charge in [0.15, 0.2) is 0 Å². The Kier molecular flexibility index (Phi) is 4.74. The second-order valence-electron chi connectivity index (χ2n) is 6.35. The van der Waals surface area contributed by atoms with Crippen molar-refractivity contribution < 1.29 is 4.74 Å². The average Bonchev–Trinajstić information content (AvgIpc) is 2.94. The summed E-state index contributed by atoms with van der Waals surface area (Å²) >= 11 is 0. The molecule has 3 rings (SSSR count). The molecular formula is C18H27NO. The average molecular weight is 273 g/mol. The summed E-state index contributed by atoms with van der Waals surface area (Å²) in [6.07, 6.45) is 7.43. The summed E-state index contributed by atoms with van der Waals surface area (Å²) in [6, 6.07) is 7.79. The third kappa shape index (κ3) is 3.24. The Morgan fingerprint density at radius 3 is 3.05 bits per heavy atom. The lowest BCUT2D eigenvalue weighted by atomic mass is 9.88. The molecule has 1 aliphatic carbocycles. The molecular weight excluding hydrogens is 246 g/mol. The van der Waals surface area contributed by atoms with E-state index in [4.69, 9.17) is 4.74 Å². The minimum atomic E-state index is 0.634. The molecule has 20 heavy (non-hydrogen) atoms. The first-order chi connectivity index (χ1) is 9.86. The Morgan fingerprint density at radius 2 is 2.15 bits per heavy atom. The van der Waals surface area contributed by atoms with Crippen molar-refractivity contribution in [3.63, 3.8) is 0 Å². The van der Waals surface area contributed by atoms with Gasteiger partial charge in [0.25, 0.3) is 0 Å². The molecule has 2 atom stereocenters. The third-order valence-electron chi connectivity index (χ3n) is 4.79. The highest BCUT2D eigenvalue weighted by Crippen LogP contribution is 2.26. The summed E-state index contributed by atoms with van der Waals surface area (Å²) in [7, 11) is 0. The van der Waals surface area contributed by atoms with Crippen LogP contribution in [0.2, 0.25) is 0 Å². The summed E-state index contributed by atoms with van der Waals surface area (Å²) in [5.41, 5.74) is 4.68. The van der Waals surface area contributed by atoms with Gasteiger partial charge in [0.2, 0.25) is 0 Å². The second-order valence-corrected chi connectivity index (χ2v) is 6.35. The Labute approximate surface area is 122 Å². The number of fused-ring (bicyclic) bond motifs is 1. The molecule has 1 aromatic carbocycles. The molecule has 1 saturated heterocycles. The van der Waals surface area contributed by atoms with Crippen molar-refractivity contribution in [3.8, 4) is 0 Å². The van der Waals surface area contributed by atoms with Crippen LogP contribution in [0.5, 0.6) is 0 Å². The number of hydrogen-bond donors (Lipinski definition) is 1. The van der Waals surface area contributed by atoms with Crippen molar-refractivity contribution in [1.29, 1.82) is 0 Å². The van der Waals surface area contributed by atoms with Crippen molar-refractivity contribution >= 4 is 0 Å². The third-order valence-corrected chi connectivity index (χ3v) is 4.79. The van der Waals surface area contributed by atoms with Crippen LogP contribution in [0.4, 0.5) is 0 Å². The van der Waals surface area contributed by atoms with Crippen LogP contribution in [0.15, 0.2) is 18.2 Å². The maximum absolute atomic E-state index is 5.72. The predicted molar refractivity (Wildman–Crippen MR) is 83.2 cm³/mol. The van der Waals surface area contributed by atoms with E-state index in [1.165, 1.54) is 31.2 Å². The van der Waals surface area contributed by atoms with Gasteiger partial charge in [-0.2, -0.15) is 0 Å². The molecule has 0 amide bonds. The molecule has 1 fully saturated rings. The highest BCUT2D eigenvalue weighted by atomic mass is 16.5. The van der Waals surface area contributed by atoms with Gasteiger partial charge < -0.3 is 10.1 Å². The zero-order valence-corrected chi connectivity index (χ0v) is 12.7. The quantitative estimate of drug-likeness (QED) is 0.890. The second kappa shape index (κ2) is 6.73. The van der Waals surface area contributed by atoms with Gasteiger partial charge in [0, 0.05) is 18.6 Å². The summed E-state index contributed by atoms with van der Waals surface area (Å²) in [4.78, 5) is 0. The number of aryl methyl sites for hydroxylation is 2. The smallest absolute Gasteiger partial charge is 0.0512 e. The normalized spacial score (nSPS) is 25.6. The standard InChI is InChI=1S/C18H27NO/c1-2-9-19-18-8-10-20-13-17(18)12-14-6-7-15-4-3-5-16(15)11-14/h6-7,11,17-19H,2-5,8-10,12-13H2,1H3. The van der Waals surface area contributed by atoms with Gasteiger partial charge in [0.1, 0.15) is 0 Å². The van der Waals surface area contributed by atoms with E-state index in [1.54, 1.807) is 11.1 Å². The Bertz CT molecular complexity index is 443. The number of benzene rings is 1. The largest absolute Gasteiger partial charge is 0.381 e. The van der Waals surface area contributed by atoms with Crippen LogP contribution in [-0.4, -0.2) is 25.8 Å². The van der Waals surface area contributed by atoms with Crippen LogP contribution in [0.25, 0.3) is 0 Å². The lowest BCUT2D eigenvalue weighted by molar-refractivity contribution is 0.0323. The van der Waals surface area contributed by atoms with Gasteiger partial charge in [0.05, 0.1) is 6.61 Å². The fraction of sp³-hybridized carbons (Fsp3) is 0.667. The van der Waals surface area contributed by atoms with Gasteiger partial charge in [-0.15, -0.1) is 0 Å². The molecule has 2 unspecified atom stereocenters. The molecule has 0 radical (unpaired) electrons. The molecule has 0 aromatic heterocycles. The Morgan fingerprint density at radius 1 is 1.25 bits per heavy atom. The van der Waals surface area contributed by atoms with Crippen LogP contribution in [0, 0.1) is 5.92 Å². The predicted octanol–water partition coefficient (Wildman–Crippen LogP) is 3.12. The summed E-state index contributed by atoms with van der Waals surface area (Å²) in [5.74, 6) is 0.634. The first-order valence-corrected chi connectivity index (χ1v) is 8.28. The zero-order chi connectivity index (χ0) is 13.8. The van der Waals surface area contributed by atoms with E-state index < -0.39 is 0 Å². The van der Waals surface area contributed by atoms with Gasteiger partial charge in [-0.05, 0) is 61.8 Å². The van der Waals surface area contributed by atoms with Gasteiger partial charge in [-0.1, -0.05) is 25.1 Å². The van der Waals surface area contributed by atoms with E-state index in [2.05, 4.69) is 30.4 Å². The fourth-order valence-electron chi connectivity index (χ4n) is 3.65. The zero-order valence-electron chi connectivity index (χ0n) is 12.7. The maximum Gasteiger partial charge on any atom is 0.0512 e. The Balaban J connectivity index is 1.65. The van der Waals surface area contributed by atoms with E-state index in [0.29, 0.717) is 12.0 Å². The van der Waals surface area contributed by atoms with Crippen molar-refractivity contribution in [2.75, 3.05) is 19.8 Å². The molecule has 1 aliphatic heterocycles. The summed E-state index contributed by atoms with van der Waals surface area (Å²) in [6.45, 7) is 5.20. The Hall–Kier alpha value is -0.860. The number of nitrogens with one attached hydrogen (secondary N) is 1. The monoisotopic (exact) mass is 273 g/mol. The molecule has 0 spiro atoms. The molecule has 0 saturated carbocycles. The van der Waals surface area contributed by atoms with Crippen LogP contribution >= 0.6 is 0 Å². The van der Waals surface area contributed by atoms with Gasteiger partial charge >= 0.3 is 0 Å². The van der Waals surface area contributed by atoms with Gasteiger partial charge in [-0.3, -0.25) is 0 Å². The molecule has 2 aliphatic rings. The lowest BCUT2D eigenvalue weighted by Gasteiger charge is -2.32. The van der Waals surface area contributed by atoms with E-state index >= 15 is 0 Å². The first-order valence-electron chi connectivity index (χ1n) is 8.28. The van der Waals surface area contributed by atoms with Crippen LogP contribution < -0.4 is 5.32 Å². The summed E-state index contributed by atoms with van der Waals surface area (Å²) < 4.78 is 5.72. The topological polar surface area (TPSA) is 21.3 Å². The lowest BCUT2D eigenvalue weighted by Crippen LogP contribution is -2.44. The molecule has 1 heterocycles. The van der Waals surface area contributed by atoms with E-state index in [0.717, 1.165) is 32.6 Å². The molecule has 110 valence electrons. The minimum absolute atomic E-state index is 0.634. The fourth-order valence-corrected chi connectivity index (χ4v) is 3.65. The van der Waals surface area contributed by atoms with Crippen LogP contribution in [0.1, 0.15) is 42.9 Å². The molecule has 0 bridgehead atoms. The maximum atomic E-state index is 5.72. The van der Waals surface area contributed by atoms with Crippen molar-refractivity contribution in [2.45, 2.75) is 51.5 Å². The van der Waals surface area contributed by atoms with Crippen LogP contribution in [-0.2, 0) is 24.0 Å². The highest BCUT2D eigenvalue weighted by molar-refractivity contribution is 5.35. The number of rotatable bonds is 5. The van der Waals surface area contributed by atoms with Gasteiger partial charge in [-0.25, -0.2) is 0 Å². The first kappa shape index (κ1) is 14.1. The summed E-state index contributed by atoms with van der Waals surface area (Å²) in [5, 5.41) is 3.71. The van der Waals surface area contributed by atoms with Crippen molar-refractivity contribution in [3.05, 3.63) is 34.9 Å². The molecule has 1 aromatic rings. The molecule has 2 heteroatoms. The van der Waals surface area contributed by atoms with Crippen molar-refractivity contribution in [2.24, 2.45) is 5.92 Å². The van der Waals surface area contributed by atoms with Crippen molar-refractivity contribution in [1.82, 2.24) is 5.32 Å². The number of hydrogen-bond acceptors (Lipinski definition) is 2. The van der Waals surface area contributed by atoms with E-state index in [-0.39, 0.29) is 0 Å². The molecule has 2 nitrogen and oxygen atoms in total. The van der Waals surface area contributed by atoms with E-state index in [9.17, 15) is 0 Å². The SMILES string of the molecule is CCCNC1CCOCC1Cc1ccc2c(c1)CCC2. The molecule has 1 N–H and O–H groups in total. The minimum Gasteiger partial charge on any atom is -0.381 e. The van der Waals surface area contributed by atoms with Crippen LogP contribution in [0.3, 0.4) is 0 Å². The highest BCUT2D eigenvalue weighted by Gasteiger charge is 2.25. The number of ether oxygens (including phenoxy) is 1. The van der Waals surface area contributed by atoms with E-state index in [1.807, 2.05) is 0 Å².